The summed E-state index contributed by atoms with van der Waals surface area (Å²) in [4.78, 5) is 10.7. The van der Waals surface area contributed by atoms with E-state index in [0.717, 1.165) is 42.8 Å². The number of aryl methyl sites for hydroxylation is 2. The second-order valence-electron chi connectivity index (χ2n) is 5.90. The van der Waals surface area contributed by atoms with Crippen molar-refractivity contribution in [1.82, 2.24) is 20.2 Å². The summed E-state index contributed by atoms with van der Waals surface area (Å²) >= 11 is 3.33. The van der Waals surface area contributed by atoms with Crippen LogP contribution in [0.25, 0.3) is 0 Å². The van der Waals surface area contributed by atoms with Crippen molar-refractivity contribution >= 4 is 27.7 Å². The zero-order chi connectivity index (χ0) is 14.9. The first-order chi connectivity index (χ1) is 10.8. The summed E-state index contributed by atoms with van der Waals surface area (Å²) in [6.45, 7) is 2.91. The summed E-state index contributed by atoms with van der Waals surface area (Å²) in [5, 5.41) is 12.0. The van der Waals surface area contributed by atoms with Gasteiger partial charge in [0.15, 0.2) is 5.82 Å². The van der Waals surface area contributed by atoms with E-state index in [1.54, 1.807) is 12.4 Å². The second kappa shape index (κ2) is 5.79. The van der Waals surface area contributed by atoms with Crippen molar-refractivity contribution in [3.8, 4) is 0 Å². The van der Waals surface area contributed by atoms with Crippen LogP contribution in [0.2, 0.25) is 0 Å². The predicted molar refractivity (Wildman–Crippen MR) is 88.0 cm³/mol. The number of nitrogens with one attached hydrogen (secondary N) is 1. The molecule has 1 aliphatic carbocycles. The molecule has 6 nitrogen and oxygen atoms in total. The average molecular weight is 361 g/mol. The molecular formula is C15H17BrN6. The zero-order valence-electron chi connectivity index (χ0n) is 12.2. The zero-order valence-corrected chi connectivity index (χ0v) is 13.8. The fraction of sp³-hybridized carbons (Fsp3) is 0.467. The lowest BCUT2D eigenvalue weighted by Crippen LogP contribution is -2.50. The van der Waals surface area contributed by atoms with Crippen LogP contribution >= 0.6 is 15.9 Å². The minimum atomic E-state index is 0.599. The Balaban J connectivity index is 1.30. The highest BCUT2D eigenvalue weighted by molar-refractivity contribution is 9.10. The first kappa shape index (κ1) is 13.9. The third-order valence-corrected chi connectivity index (χ3v) is 4.67. The molecule has 4 rings (SSSR count). The van der Waals surface area contributed by atoms with Crippen LogP contribution in [-0.4, -0.2) is 39.8 Å². The smallest absolute Gasteiger partial charge is 0.222 e. The van der Waals surface area contributed by atoms with Crippen molar-refractivity contribution in [2.75, 3.05) is 29.9 Å². The maximum Gasteiger partial charge on any atom is 0.222 e. The first-order valence-electron chi connectivity index (χ1n) is 7.60. The maximum absolute atomic E-state index is 4.36. The quantitative estimate of drug-likeness (QED) is 0.899. The summed E-state index contributed by atoms with van der Waals surface area (Å²) in [5.41, 5.74) is 2.57. The van der Waals surface area contributed by atoms with Crippen LogP contribution in [0, 0.1) is 5.92 Å². The molecule has 1 fully saturated rings. The first-order valence-corrected chi connectivity index (χ1v) is 8.39. The number of fused-ring (bicyclic) bond motifs is 1. The Morgan fingerprint density at radius 2 is 2.00 bits per heavy atom. The van der Waals surface area contributed by atoms with Gasteiger partial charge in [-0.25, -0.2) is 9.97 Å². The van der Waals surface area contributed by atoms with Gasteiger partial charge in [0.1, 0.15) is 0 Å². The minimum absolute atomic E-state index is 0.599. The predicted octanol–water partition coefficient (Wildman–Crippen LogP) is 2.07. The van der Waals surface area contributed by atoms with E-state index in [1.807, 2.05) is 0 Å². The average Bonchev–Trinajstić information content (AvgIpc) is 2.95. The highest BCUT2D eigenvalue weighted by Crippen LogP contribution is 2.27. The van der Waals surface area contributed by atoms with Crippen molar-refractivity contribution in [2.24, 2.45) is 5.92 Å². The molecule has 2 aromatic rings. The maximum atomic E-state index is 4.36. The Labute approximate surface area is 137 Å². The highest BCUT2D eigenvalue weighted by atomic mass is 79.9. The van der Waals surface area contributed by atoms with Crippen molar-refractivity contribution in [3.05, 3.63) is 34.2 Å². The number of halogens is 1. The van der Waals surface area contributed by atoms with E-state index in [9.17, 15) is 0 Å². The van der Waals surface area contributed by atoms with E-state index in [2.05, 4.69) is 52.4 Å². The highest BCUT2D eigenvalue weighted by Gasteiger charge is 2.28. The Morgan fingerprint density at radius 3 is 2.82 bits per heavy atom. The Kier molecular flexibility index (Phi) is 3.65. The molecule has 22 heavy (non-hydrogen) atoms. The van der Waals surface area contributed by atoms with E-state index >= 15 is 0 Å². The molecule has 0 bridgehead atoms. The van der Waals surface area contributed by atoms with Crippen LogP contribution in [0.5, 0.6) is 0 Å². The van der Waals surface area contributed by atoms with Crippen molar-refractivity contribution in [1.29, 1.82) is 0 Å². The van der Waals surface area contributed by atoms with E-state index in [0.29, 0.717) is 11.9 Å². The van der Waals surface area contributed by atoms with Gasteiger partial charge in [-0.15, -0.1) is 5.10 Å². The lowest BCUT2D eigenvalue weighted by atomic mass is 10.00. The molecule has 2 aromatic heterocycles. The van der Waals surface area contributed by atoms with Crippen LogP contribution in [0.3, 0.4) is 0 Å². The fourth-order valence-electron chi connectivity index (χ4n) is 3.00. The lowest BCUT2D eigenvalue weighted by molar-refractivity contribution is 0.424. The monoisotopic (exact) mass is 360 g/mol. The number of anilines is 2. The Hall–Kier alpha value is -1.76. The van der Waals surface area contributed by atoms with Crippen LogP contribution in [0.4, 0.5) is 11.8 Å². The molecule has 114 valence electrons. The van der Waals surface area contributed by atoms with Gasteiger partial charge < -0.3 is 10.2 Å². The molecule has 0 amide bonds. The van der Waals surface area contributed by atoms with Gasteiger partial charge in [0.05, 0.1) is 10.2 Å². The van der Waals surface area contributed by atoms with Gasteiger partial charge in [-0.2, -0.15) is 5.10 Å². The molecule has 2 aliphatic rings. The second-order valence-corrected chi connectivity index (χ2v) is 6.82. The molecule has 0 spiro atoms. The van der Waals surface area contributed by atoms with Gasteiger partial charge in [0, 0.05) is 37.9 Å². The molecule has 0 atom stereocenters. The van der Waals surface area contributed by atoms with E-state index in [1.165, 1.54) is 17.7 Å². The third kappa shape index (κ3) is 2.77. The van der Waals surface area contributed by atoms with Crippen LogP contribution in [0.1, 0.15) is 17.7 Å². The molecule has 1 saturated heterocycles. The summed E-state index contributed by atoms with van der Waals surface area (Å²) < 4.78 is 0.892. The lowest BCUT2D eigenvalue weighted by Gasteiger charge is -2.40. The van der Waals surface area contributed by atoms with Gasteiger partial charge in [-0.05, 0) is 46.8 Å². The van der Waals surface area contributed by atoms with Crippen LogP contribution in [0.15, 0.2) is 22.9 Å². The summed E-state index contributed by atoms with van der Waals surface area (Å²) in [6, 6.07) is 2.22. The summed E-state index contributed by atoms with van der Waals surface area (Å²) in [5.74, 6) is 2.30. The van der Waals surface area contributed by atoms with Gasteiger partial charge in [-0.3, -0.25) is 0 Å². The fourth-order valence-corrected chi connectivity index (χ4v) is 3.20. The molecule has 0 saturated carbocycles. The summed E-state index contributed by atoms with van der Waals surface area (Å²) in [6.07, 6.45) is 6.96. The molecule has 1 N–H and O–H groups in total. The summed E-state index contributed by atoms with van der Waals surface area (Å²) in [7, 11) is 0. The number of aromatic nitrogens is 4. The molecule has 3 heterocycles. The van der Waals surface area contributed by atoms with E-state index in [-0.39, 0.29) is 0 Å². The number of hydrogen-bond acceptors (Lipinski definition) is 6. The SMILES string of the molecule is Brc1cnc(NCC2CN(c3cc4c(nn3)CCC4)C2)nc1. The van der Waals surface area contributed by atoms with E-state index < -0.39 is 0 Å². The van der Waals surface area contributed by atoms with Crippen LogP contribution < -0.4 is 10.2 Å². The molecule has 0 aromatic carbocycles. The van der Waals surface area contributed by atoms with Gasteiger partial charge in [0.25, 0.3) is 0 Å². The van der Waals surface area contributed by atoms with E-state index in [4.69, 9.17) is 0 Å². The Bertz CT molecular complexity index is 668. The van der Waals surface area contributed by atoms with Gasteiger partial charge in [0.2, 0.25) is 5.95 Å². The molecule has 0 radical (unpaired) electrons. The largest absolute Gasteiger partial charge is 0.354 e. The molecular weight excluding hydrogens is 344 g/mol. The standard InChI is InChI=1S/C15H17BrN6/c16-12-6-18-15(19-7-12)17-5-10-8-22(9-10)14-4-11-2-1-3-13(11)20-21-14/h4,6-7,10H,1-3,5,8-9H2,(H,17,18,19). The number of hydrogen-bond donors (Lipinski definition) is 1. The normalized spacial score (nSPS) is 17.2. The third-order valence-electron chi connectivity index (χ3n) is 4.26. The van der Waals surface area contributed by atoms with Gasteiger partial charge in [-0.1, -0.05) is 0 Å². The van der Waals surface area contributed by atoms with Crippen molar-refractivity contribution < 1.29 is 0 Å². The number of rotatable bonds is 4. The van der Waals surface area contributed by atoms with Crippen LogP contribution in [-0.2, 0) is 12.8 Å². The van der Waals surface area contributed by atoms with Crippen molar-refractivity contribution in [3.63, 3.8) is 0 Å². The van der Waals surface area contributed by atoms with Crippen molar-refractivity contribution in [2.45, 2.75) is 19.3 Å². The van der Waals surface area contributed by atoms with Gasteiger partial charge >= 0.3 is 0 Å². The molecule has 0 unspecified atom stereocenters. The molecule has 7 heteroatoms. The Morgan fingerprint density at radius 1 is 1.18 bits per heavy atom. The molecule has 1 aliphatic heterocycles. The number of nitrogens with zero attached hydrogens (tertiary/aromatic N) is 5. The topological polar surface area (TPSA) is 66.8 Å². The minimum Gasteiger partial charge on any atom is -0.354 e.